The lowest BCUT2D eigenvalue weighted by Gasteiger charge is -2.09. The molecule has 5 rings (SSSR count). The smallest absolute Gasteiger partial charge is 0.338 e. The van der Waals surface area contributed by atoms with Crippen LogP contribution < -0.4 is 4.72 Å². The Bertz CT molecular complexity index is 1820. The van der Waals surface area contributed by atoms with Crippen LogP contribution in [0.2, 0.25) is 0 Å². The van der Waals surface area contributed by atoms with Gasteiger partial charge >= 0.3 is 5.97 Å². The van der Waals surface area contributed by atoms with E-state index >= 15 is 0 Å². The predicted molar refractivity (Wildman–Crippen MR) is 151 cm³/mol. The van der Waals surface area contributed by atoms with Crippen LogP contribution in [0.3, 0.4) is 0 Å². The second kappa shape index (κ2) is 11.4. The van der Waals surface area contributed by atoms with Gasteiger partial charge in [0.05, 0.1) is 17.1 Å². The molecule has 0 fully saturated rings. The average Bonchev–Trinajstić information content (AvgIpc) is 3.38. The fourth-order valence-electron chi connectivity index (χ4n) is 4.03. The van der Waals surface area contributed by atoms with Crippen LogP contribution in [-0.2, 0) is 14.8 Å². The molecule has 0 saturated heterocycles. The molecular formula is C30H23FN2O5S2. The minimum absolute atomic E-state index is 0.0816. The van der Waals surface area contributed by atoms with Crippen molar-refractivity contribution in [3.63, 3.8) is 0 Å². The van der Waals surface area contributed by atoms with Gasteiger partial charge < -0.3 is 9.72 Å². The normalized spacial score (nSPS) is 11.3. The first-order valence-electron chi connectivity index (χ1n) is 12.2. The number of hydrogen-bond donors (Lipinski definition) is 2. The molecule has 10 heteroatoms. The number of esters is 1. The SMILES string of the molecule is CCOC(=O)c1ccc(-c2cccc(S(=O)(=O)NC(=O)c3cc4cc(Sc5ccc(F)cc5)ccc4[nH]3)c2)cc1. The molecule has 202 valence electrons. The Morgan fingerprint density at radius 2 is 1.60 bits per heavy atom. The van der Waals surface area contributed by atoms with Crippen LogP contribution >= 0.6 is 11.8 Å². The summed E-state index contributed by atoms with van der Waals surface area (Å²) < 4.78 is 46.5. The highest BCUT2D eigenvalue weighted by molar-refractivity contribution is 7.99. The molecule has 0 unspecified atom stereocenters. The molecule has 4 aromatic carbocycles. The number of rotatable bonds is 8. The quantitative estimate of drug-likeness (QED) is 0.207. The minimum atomic E-state index is -4.19. The van der Waals surface area contributed by atoms with E-state index in [4.69, 9.17) is 4.74 Å². The van der Waals surface area contributed by atoms with Crippen molar-refractivity contribution in [2.75, 3.05) is 6.61 Å². The maximum absolute atomic E-state index is 13.2. The van der Waals surface area contributed by atoms with Crippen LogP contribution in [0.15, 0.2) is 112 Å². The first-order chi connectivity index (χ1) is 19.2. The van der Waals surface area contributed by atoms with Crippen molar-refractivity contribution in [1.29, 1.82) is 0 Å². The Hall–Kier alpha value is -4.41. The Kier molecular flexibility index (Phi) is 7.72. The van der Waals surface area contributed by atoms with Gasteiger partial charge in [-0.05, 0) is 90.8 Å². The highest BCUT2D eigenvalue weighted by Crippen LogP contribution is 2.30. The summed E-state index contributed by atoms with van der Waals surface area (Å²) in [5.74, 6) is -1.55. The molecule has 0 aliphatic rings. The Morgan fingerprint density at radius 1 is 0.875 bits per heavy atom. The van der Waals surface area contributed by atoms with Crippen molar-refractivity contribution in [3.8, 4) is 11.1 Å². The van der Waals surface area contributed by atoms with E-state index in [1.807, 2.05) is 12.1 Å². The molecule has 0 aliphatic carbocycles. The number of halogens is 1. The molecule has 0 bridgehead atoms. The van der Waals surface area contributed by atoms with Crippen molar-refractivity contribution in [2.24, 2.45) is 0 Å². The summed E-state index contributed by atoms with van der Waals surface area (Å²) in [6.45, 7) is 1.99. The molecule has 7 nitrogen and oxygen atoms in total. The van der Waals surface area contributed by atoms with Gasteiger partial charge in [0.15, 0.2) is 0 Å². The molecule has 1 aromatic heterocycles. The number of carbonyl (C=O) groups is 2. The van der Waals surface area contributed by atoms with Crippen molar-refractivity contribution in [3.05, 3.63) is 114 Å². The number of fused-ring (bicyclic) bond motifs is 1. The number of H-pyrrole nitrogens is 1. The lowest BCUT2D eigenvalue weighted by atomic mass is 10.0. The summed E-state index contributed by atoms with van der Waals surface area (Å²) in [6.07, 6.45) is 0. The lowest BCUT2D eigenvalue weighted by Crippen LogP contribution is -2.30. The van der Waals surface area contributed by atoms with Gasteiger partial charge in [0.1, 0.15) is 11.5 Å². The summed E-state index contributed by atoms with van der Waals surface area (Å²) in [7, 11) is -4.19. The predicted octanol–water partition coefficient (Wildman–Crippen LogP) is 6.42. The number of aromatic amines is 1. The van der Waals surface area contributed by atoms with Crippen LogP contribution in [0.1, 0.15) is 27.8 Å². The topological polar surface area (TPSA) is 105 Å². The van der Waals surface area contributed by atoms with Crippen LogP contribution in [0.5, 0.6) is 0 Å². The third kappa shape index (κ3) is 6.08. The van der Waals surface area contributed by atoms with Crippen molar-refractivity contribution >= 4 is 44.6 Å². The fourth-order valence-corrected chi connectivity index (χ4v) is 5.91. The number of benzene rings is 4. The number of aromatic nitrogens is 1. The van der Waals surface area contributed by atoms with Gasteiger partial charge in [-0.3, -0.25) is 4.79 Å². The van der Waals surface area contributed by atoms with E-state index in [9.17, 15) is 22.4 Å². The van der Waals surface area contributed by atoms with E-state index in [-0.39, 0.29) is 23.0 Å². The lowest BCUT2D eigenvalue weighted by molar-refractivity contribution is 0.0526. The number of nitrogens with one attached hydrogen (secondary N) is 2. The van der Waals surface area contributed by atoms with Gasteiger partial charge in [0, 0.05) is 20.7 Å². The molecule has 1 amide bonds. The number of carbonyl (C=O) groups excluding carboxylic acids is 2. The Morgan fingerprint density at radius 3 is 2.33 bits per heavy atom. The minimum Gasteiger partial charge on any atom is -0.462 e. The molecule has 0 atom stereocenters. The molecular weight excluding hydrogens is 551 g/mol. The van der Waals surface area contributed by atoms with E-state index in [0.717, 1.165) is 15.2 Å². The second-order valence-corrected chi connectivity index (χ2v) is 11.6. The maximum atomic E-state index is 13.2. The highest BCUT2D eigenvalue weighted by Gasteiger charge is 2.21. The summed E-state index contributed by atoms with van der Waals surface area (Å²) >= 11 is 1.44. The summed E-state index contributed by atoms with van der Waals surface area (Å²) in [5, 5.41) is 0.725. The molecule has 0 saturated carbocycles. The monoisotopic (exact) mass is 574 g/mol. The van der Waals surface area contributed by atoms with E-state index < -0.39 is 21.9 Å². The van der Waals surface area contributed by atoms with E-state index in [1.54, 1.807) is 67.6 Å². The maximum Gasteiger partial charge on any atom is 0.338 e. The van der Waals surface area contributed by atoms with E-state index in [0.29, 0.717) is 22.2 Å². The molecule has 2 N–H and O–H groups in total. The first-order valence-corrected chi connectivity index (χ1v) is 14.5. The highest BCUT2D eigenvalue weighted by atomic mass is 32.2. The zero-order valence-corrected chi connectivity index (χ0v) is 22.8. The van der Waals surface area contributed by atoms with Gasteiger partial charge in [0.2, 0.25) is 0 Å². The van der Waals surface area contributed by atoms with Crippen molar-refractivity contribution < 1.29 is 27.1 Å². The van der Waals surface area contributed by atoms with Gasteiger partial charge in [-0.25, -0.2) is 22.3 Å². The molecule has 0 aliphatic heterocycles. The molecule has 5 aromatic rings. The first kappa shape index (κ1) is 27.2. The standard InChI is InChI=1S/C30H23FN2O5S2/c1-2-38-30(35)20-8-6-19(7-9-20)21-4-3-5-26(17-21)40(36,37)33-29(34)28-18-22-16-25(14-15-27(22)32-28)39-24-12-10-23(31)11-13-24/h3-18,32H,2H2,1H3,(H,33,34). The van der Waals surface area contributed by atoms with Crippen molar-refractivity contribution in [2.45, 2.75) is 21.6 Å². The number of hydrogen-bond acceptors (Lipinski definition) is 6. The second-order valence-electron chi connectivity index (χ2n) is 8.75. The Labute approximate surface area is 234 Å². The molecule has 1 heterocycles. The summed E-state index contributed by atoms with van der Waals surface area (Å²) in [5.41, 5.74) is 2.44. The number of amides is 1. The van der Waals surface area contributed by atoms with Crippen LogP contribution in [-0.4, -0.2) is 31.9 Å². The van der Waals surface area contributed by atoms with Crippen LogP contribution in [0.25, 0.3) is 22.0 Å². The van der Waals surface area contributed by atoms with E-state index in [2.05, 4.69) is 9.71 Å². The average molecular weight is 575 g/mol. The fraction of sp³-hybridized carbons (Fsp3) is 0.0667. The third-order valence-electron chi connectivity index (χ3n) is 5.99. The molecule has 0 spiro atoms. The van der Waals surface area contributed by atoms with Crippen molar-refractivity contribution in [1.82, 2.24) is 9.71 Å². The Balaban J connectivity index is 1.32. The molecule has 40 heavy (non-hydrogen) atoms. The van der Waals surface area contributed by atoms with E-state index in [1.165, 1.54) is 36.0 Å². The largest absolute Gasteiger partial charge is 0.462 e. The molecule has 0 radical (unpaired) electrons. The van der Waals surface area contributed by atoms with Gasteiger partial charge in [-0.15, -0.1) is 0 Å². The van der Waals surface area contributed by atoms with Gasteiger partial charge in [0.25, 0.3) is 15.9 Å². The summed E-state index contributed by atoms with van der Waals surface area (Å²) in [4.78, 5) is 29.4. The third-order valence-corrected chi connectivity index (χ3v) is 8.31. The zero-order valence-electron chi connectivity index (χ0n) is 21.2. The number of sulfonamides is 1. The van der Waals surface area contributed by atoms with Crippen LogP contribution in [0, 0.1) is 5.82 Å². The van der Waals surface area contributed by atoms with Crippen LogP contribution in [0.4, 0.5) is 4.39 Å². The number of ether oxygens (including phenoxy) is 1. The van der Waals surface area contributed by atoms with Gasteiger partial charge in [-0.1, -0.05) is 36.0 Å². The summed E-state index contributed by atoms with van der Waals surface area (Å²) in [6, 6.07) is 26.0. The zero-order chi connectivity index (χ0) is 28.3. The van der Waals surface area contributed by atoms with Gasteiger partial charge in [-0.2, -0.15) is 0 Å².